The molecule has 0 aliphatic rings. The minimum absolute atomic E-state index is 0.0487. The summed E-state index contributed by atoms with van der Waals surface area (Å²) in [5.74, 6) is -1.64. The molecule has 2 aromatic carbocycles. The Hall–Kier alpha value is -1.46. The molecule has 0 saturated carbocycles. The van der Waals surface area contributed by atoms with Gasteiger partial charge in [-0.05, 0) is 35.9 Å². The lowest BCUT2D eigenvalue weighted by Crippen LogP contribution is -2.16. The molecule has 0 aromatic heterocycles. The summed E-state index contributed by atoms with van der Waals surface area (Å²) in [6.45, 7) is 0. The van der Waals surface area contributed by atoms with E-state index in [1.54, 1.807) is 6.07 Å². The van der Waals surface area contributed by atoms with E-state index in [4.69, 9.17) is 11.6 Å². The minimum Gasteiger partial charge on any atom is -0.323 e. The van der Waals surface area contributed by atoms with Crippen molar-refractivity contribution in [1.29, 1.82) is 0 Å². The lowest BCUT2D eigenvalue weighted by Gasteiger charge is -2.07. The van der Waals surface area contributed by atoms with Crippen molar-refractivity contribution in [2.45, 2.75) is 6.42 Å². The van der Waals surface area contributed by atoms with E-state index in [2.05, 4.69) is 21.2 Å². The summed E-state index contributed by atoms with van der Waals surface area (Å²) in [6, 6.07) is 8.31. The summed E-state index contributed by atoms with van der Waals surface area (Å²) in [6.07, 6.45) is -0.196. The van der Waals surface area contributed by atoms with Crippen molar-refractivity contribution in [1.82, 2.24) is 0 Å². The van der Waals surface area contributed by atoms with Gasteiger partial charge in [-0.25, -0.2) is 8.78 Å². The van der Waals surface area contributed by atoms with Crippen molar-refractivity contribution in [3.05, 3.63) is 63.1 Å². The topological polar surface area (TPSA) is 29.1 Å². The normalized spacial score (nSPS) is 10.4. The van der Waals surface area contributed by atoms with Crippen LogP contribution in [0.3, 0.4) is 0 Å². The van der Waals surface area contributed by atoms with Gasteiger partial charge in [-0.1, -0.05) is 33.6 Å². The lowest BCUT2D eigenvalue weighted by molar-refractivity contribution is -0.115. The third-order valence-electron chi connectivity index (χ3n) is 2.57. The largest absolute Gasteiger partial charge is 0.323 e. The Morgan fingerprint density at radius 1 is 1.15 bits per heavy atom. The van der Waals surface area contributed by atoms with Crippen molar-refractivity contribution >= 4 is 39.1 Å². The molecule has 0 radical (unpaired) electrons. The van der Waals surface area contributed by atoms with Gasteiger partial charge < -0.3 is 5.32 Å². The van der Waals surface area contributed by atoms with Crippen LogP contribution in [0.15, 0.2) is 40.9 Å². The van der Waals surface area contributed by atoms with Crippen LogP contribution in [-0.2, 0) is 11.2 Å². The van der Waals surface area contributed by atoms with Crippen molar-refractivity contribution in [3.63, 3.8) is 0 Å². The molecule has 104 valence electrons. The molecule has 1 amide bonds. The predicted molar refractivity (Wildman–Crippen MR) is 77.8 cm³/mol. The molecular formula is C14H9BrClF2NO. The van der Waals surface area contributed by atoms with Crippen LogP contribution in [0.5, 0.6) is 0 Å². The molecule has 0 aliphatic heterocycles. The zero-order chi connectivity index (χ0) is 14.7. The molecule has 2 rings (SSSR count). The lowest BCUT2D eigenvalue weighted by atomic mass is 10.1. The van der Waals surface area contributed by atoms with Crippen LogP contribution in [0.2, 0.25) is 5.02 Å². The maximum absolute atomic E-state index is 13.5. The van der Waals surface area contributed by atoms with E-state index in [0.717, 1.165) is 6.07 Å². The number of nitrogens with one attached hydrogen (secondary N) is 1. The fraction of sp³-hybridized carbons (Fsp3) is 0.0714. The molecule has 2 aromatic rings. The van der Waals surface area contributed by atoms with Gasteiger partial charge in [-0.2, -0.15) is 0 Å². The fourth-order valence-corrected chi connectivity index (χ4v) is 2.12. The first kappa shape index (κ1) is 14.9. The average Bonchev–Trinajstić information content (AvgIpc) is 2.36. The zero-order valence-electron chi connectivity index (χ0n) is 10.1. The second-order valence-corrected chi connectivity index (χ2v) is 5.44. The summed E-state index contributed by atoms with van der Waals surface area (Å²) >= 11 is 8.74. The van der Waals surface area contributed by atoms with Gasteiger partial charge in [0, 0.05) is 9.50 Å². The molecular weight excluding hydrogens is 352 g/mol. The molecule has 20 heavy (non-hydrogen) atoms. The molecule has 0 unspecified atom stereocenters. The monoisotopic (exact) mass is 359 g/mol. The number of carbonyl (C=O) groups is 1. The summed E-state index contributed by atoms with van der Waals surface area (Å²) in [5, 5.41) is 2.65. The number of benzene rings is 2. The third kappa shape index (κ3) is 3.77. The van der Waals surface area contributed by atoms with E-state index in [9.17, 15) is 13.6 Å². The number of amides is 1. The zero-order valence-corrected chi connectivity index (χ0v) is 12.4. The van der Waals surface area contributed by atoms with Crippen LogP contribution in [0.25, 0.3) is 0 Å². The van der Waals surface area contributed by atoms with Crippen LogP contribution in [0, 0.1) is 11.6 Å². The van der Waals surface area contributed by atoms with Gasteiger partial charge in [-0.15, -0.1) is 0 Å². The molecule has 0 atom stereocenters. The number of hydrogen-bond donors (Lipinski definition) is 1. The maximum atomic E-state index is 13.5. The quantitative estimate of drug-likeness (QED) is 0.854. The molecule has 0 spiro atoms. The highest BCUT2D eigenvalue weighted by atomic mass is 79.9. The van der Waals surface area contributed by atoms with Crippen molar-refractivity contribution < 1.29 is 13.6 Å². The number of carbonyl (C=O) groups excluding carboxylic acids is 1. The predicted octanol–water partition coefficient (Wildman–Crippen LogP) is 4.56. The minimum atomic E-state index is -0.566. The molecule has 0 bridgehead atoms. The van der Waals surface area contributed by atoms with E-state index >= 15 is 0 Å². The van der Waals surface area contributed by atoms with Gasteiger partial charge in [0.15, 0.2) is 0 Å². The SMILES string of the molecule is O=C(Cc1ccc(Cl)cc1F)Nc1ccc(Br)cc1F. The van der Waals surface area contributed by atoms with E-state index in [0.29, 0.717) is 4.47 Å². The van der Waals surface area contributed by atoms with Gasteiger partial charge >= 0.3 is 0 Å². The molecule has 0 saturated heterocycles. The second kappa shape index (κ2) is 6.33. The second-order valence-electron chi connectivity index (χ2n) is 4.08. The Kier molecular flexibility index (Phi) is 4.73. The Balaban J connectivity index is 2.09. The number of hydrogen-bond acceptors (Lipinski definition) is 1. The van der Waals surface area contributed by atoms with Crippen LogP contribution in [0.4, 0.5) is 14.5 Å². The van der Waals surface area contributed by atoms with Crippen molar-refractivity contribution in [2.75, 3.05) is 5.32 Å². The standard InChI is InChI=1S/C14H9BrClF2NO/c15-9-2-4-13(12(18)6-9)19-14(20)5-8-1-3-10(16)7-11(8)17/h1-4,6-7H,5H2,(H,19,20). The highest BCUT2D eigenvalue weighted by Crippen LogP contribution is 2.20. The molecule has 1 N–H and O–H groups in total. The van der Waals surface area contributed by atoms with Crippen molar-refractivity contribution in [2.24, 2.45) is 0 Å². The average molecular weight is 361 g/mol. The van der Waals surface area contributed by atoms with E-state index in [-0.39, 0.29) is 22.7 Å². The fourth-order valence-electron chi connectivity index (χ4n) is 1.62. The Bertz CT molecular complexity index is 608. The Morgan fingerprint density at radius 2 is 1.90 bits per heavy atom. The van der Waals surface area contributed by atoms with Gasteiger partial charge in [0.05, 0.1) is 12.1 Å². The molecule has 2 nitrogen and oxygen atoms in total. The third-order valence-corrected chi connectivity index (χ3v) is 3.30. The smallest absolute Gasteiger partial charge is 0.228 e. The first-order valence-corrected chi connectivity index (χ1v) is 6.81. The molecule has 0 heterocycles. The van der Waals surface area contributed by atoms with Gasteiger partial charge in [0.25, 0.3) is 0 Å². The number of rotatable bonds is 3. The van der Waals surface area contributed by atoms with Crippen molar-refractivity contribution in [3.8, 4) is 0 Å². The Labute approximate surface area is 127 Å². The number of halogens is 4. The molecule has 0 fully saturated rings. The molecule has 0 aliphatic carbocycles. The van der Waals surface area contributed by atoms with Gasteiger partial charge in [0.2, 0.25) is 5.91 Å². The molecule has 6 heteroatoms. The summed E-state index contributed by atoms with van der Waals surface area (Å²) in [5.41, 5.74) is 0.247. The van der Waals surface area contributed by atoms with Gasteiger partial charge in [-0.3, -0.25) is 4.79 Å². The van der Waals surface area contributed by atoms with Crippen LogP contribution >= 0.6 is 27.5 Å². The van der Waals surface area contributed by atoms with Crippen LogP contribution in [-0.4, -0.2) is 5.91 Å². The van der Waals surface area contributed by atoms with E-state index < -0.39 is 17.5 Å². The maximum Gasteiger partial charge on any atom is 0.228 e. The summed E-state index contributed by atoms with van der Waals surface area (Å²) in [4.78, 5) is 11.8. The number of anilines is 1. The highest BCUT2D eigenvalue weighted by molar-refractivity contribution is 9.10. The highest BCUT2D eigenvalue weighted by Gasteiger charge is 2.11. The summed E-state index contributed by atoms with van der Waals surface area (Å²) in [7, 11) is 0. The first-order valence-electron chi connectivity index (χ1n) is 5.64. The Morgan fingerprint density at radius 3 is 2.55 bits per heavy atom. The van der Waals surface area contributed by atoms with Crippen LogP contribution < -0.4 is 5.32 Å². The first-order chi connectivity index (χ1) is 9.45. The van der Waals surface area contributed by atoms with E-state index in [1.807, 2.05) is 0 Å². The van der Waals surface area contributed by atoms with Gasteiger partial charge in [0.1, 0.15) is 11.6 Å². The van der Waals surface area contributed by atoms with E-state index in [1.165, 1.54) is 24.3 Å². The summed E-state index contributed by atoms with van der Waals surface area (Å²) < 4.78 is 27.6. The van der Waals surface area contributed by atoms with Crippen LogP contribution in [0.1, 0.15) is 5.56 Å².